The quantitative estimate of drug-likeness (QED) is 0.806. The number of nitrogens with one attached hydrogen (secondary N) is 2. The van der Waals surface area contributed by atoms with E-state index in [1.54, 1.807) is 7.11 Å². The van der Waals surface area contributed by atoms with Gasteiger partial charge in [-0.15, -0.1) is 0 Å². The van der Waals surface area contributed by atoms with Crippen LogP contribution in [0.3, 0.4) is 0 Å². The number of hydrogen-bond donors (Lipinski definition) is 2. The summed E-state index contributed by atoms with van der Waals surface area (Å²) in [6, 6.07) is 7.53. The Morgan fingerprint density at radius 3 is 2.27 bits per heavy atom. The molecule has 0 radical (unpaired) electrons. The second-order valence-electron chi connectivity index (χ2n) is 5.94. The van der Waals surface area contributed by atoms with Gasteiger partial charge in [-0.25, -0.2) is 4.79 Å². The molecule has 0 heterocycles. The van der Waals surface area contributed by atoms with Gasteiger partial charge in [0.25, 0.3) is 0 Å². The van der Waals surface area contributed by atoms with Crippen molar-refractivity contribution in [3.05, 3.63) is 29.8 Å². The maximum absolute atomic E-state index is 11.8. The highest BCUT2D eigenvalue weighted by molar-refractivity contribution is 7.86. The lowest BCUT2D eigenvalue weighted by atomic mass is 10.1. The predicted molar refractivity (Wildman–Crippen MR) is 90.9 cm³/mol. The minimum Gasteiger partial charge on any atom is -0.497 e. The summed E-state index contributed by atoms with van der Waals surface area (Å²) >= 11 is 0. The molecule has 2 N–H and O–H groups in total. The SMILES string of the molecule is COc1ccc(CCNC(=O)NCCS(=O)C(C)(C)C)cc1. The first-order valence-electron chi connectivity index (χ1n) is 7.36. The van der Waals surface area contributed by atoms with Gasteiger partial charge in [-0.3, -0.25) is 4.21 Å². The van der Waals surface area contributed by atoms with Gasteiger partial charge in [0.15, 0.2) is 0 Å². The summed E-state index contributed by atoms with van der Waals surface area (Å²) in [4.78, 5) is 11.6. The van der Waals surface area contributed by atoms with E-state index in [4.69, 9.17) is 4.74 Å². The van der Waals surface area contributed by atoms with Crippen LogP contribution in [-0.4, -0.2) is 40.9 Å². The maximum atomic E-state index is 11.8. The fraction of sp³-hybridized carbons (Fsp3) is 0.562. The van der Waals surface area contributed by atoms with Gasteiger partial charge in [0, 0.05) is 34.4 Å². The summed E-state index contributed by atoms with van der Waals surface area (Å²) in [5, 5.41) is 5.52. The Balaban J connectivity index is 2.19. The third kappa shape index (κ3) is 6.93. The van der Waals surface area contributed by atoms with E-state index in [9.17, 15) is 9.00 Å². The van der Waals surface area contributed by atoms with E-state index in [2.05, 4.69) is 10.6 Å². The number of carbonyl (C=O) groups is 1. The molecule has 0 saturated carbocycles. The molecule has 1 unspecified atom stereocenters. The number of rotatable bonds is 7. The molecule has 6 heteroatoms. The summed E-state index contributed by atoms with van der Waals surface area (Å²) < 4.78 is 16.7. The van der Waals surface area contributed by atoms with E-state index in [1.165, 1.54) is 0 Å². The smallest absolute Gasteiger partial charge is 0.314 e. The van der Waals surface area contributed by atoms with E-state index < -0.39 is 10.8 Å². The van der Waals surface area contributed by atoms with Crippen molar-refractivity contribution in [2.75, 3.05) is 26.0 Å². The van der Waals surface area contributed by atoms with Gasteiger partial charge in [-0.2, -0.15) is 0 Å². The van der Waals surface area contributed by atoms with Crippen LogP contribution in [0.5, 0.6) is 5.75 Å². The van der Waals surface area contributed by atoms with Crippen molar-refractivity contribution in [2.45, 2.75) is 31.9 Å². The molecule has 0 aliphatic carbocycles. The summed E-state index contributed by atoms with van der Waals surface area (Å²) in [7, 11) is 0.686. The van der Waals surface area contributed by atoms with Crippen molar-refractivity contribution in [1.29, 1.82) is 0 Å². The van der Waals surface area contributed by atoms with Crippen molar-refractivity contribution in [3.8, 4) is 5.75 Å². The zero-order valence-electron chi connectivity index (χ0n) is 13.8. The second-order valence-corrected chi connectivity index (χ2v) is 8.27. The fourth-order valence-corrected chi connectivity index (χ4v) is 2.64. The Labute approximate surface area is 135 Å². The van der Waals surface area contributed by atoms with Gasteiger partial charge in [0.05, 0.1) is 7.11 Å². The molecule has 0 saturated heterocycles. The number of amides is 2. The molecule has 22 heavy (non-hydrogen) atoms. The van der Waals surface area contributed by atoms with Crippen molar-refractivity contribution in [3.63, 3.8) is 0 Å². The van der Waals surface area contributed by atoms with E-state index in [-0.39, 0.29) is 10.8 Å². The number of methoxy groups -OCH3 is 1. The minimum absolute atomic E-state index is 0.223. The van der Waals surface area contributed by atoms with Crippen molar-refractivity contribution < 1.29 is 13.7 Å². The average molecular weight is 326 g/mol. The number of ether oxygens (including phenoxy) is 1. The monoisotopic (exact) mass is 326 g/mol. The van der Waals surface area contributed by atoms with Crippen molar-refractivity contribution >= 4 is 16.8 Å². The van der Waals surface area contributed by atoms with Crippen molar-refractivity contribution in [1.82, 2.24) is 10.6 Å². The Hall–Kier alpha value is -1.56. The Morgan fingerprint density at radius 2 is 1.73 bits per heavy atom. The van der Waals surface area contributed by atoms with Crippen LogP contribution in [-0.2, 0) is 17.2 Å². The minimum atomic E-state index is -0.947. The third-order valence-electron chi connectivity index (χ3n) is 3.11. The number of urea groups is 1. The summed E-state index contributed by atoms with van der Waals surface area (Å²) in [5.74, 6) is 1.29. The van der Waals surface area contributed by atoms with Gasteiger partial charge in [-0.05, 0) is 44.9 Å². The van der Waals surface area contributed by atoms with Gasteiger partial charge in [0.1, 0.15) is 5.75 Å². The molecule has 5 nitrogen and oxygen atoms in total. The second kappa shape index (κ2) is 8.78. The average Bonchev–Trinajstić information content (AvgIpc) is 2.47. The lowest BCUT2D eigenvalue weighted by Crippen LogP contribution is -2.39. The molecule has 0 aliphatic rings. The molecule has 2 amide bonds. The Bertz CT molecular complexity index is 495. The van der Waals surface area contributed by atoms with Crippen LogP contribution in [0.1, 0.15) is 26.3 Å². The summed E-state index contributed by atoms with van der Waals surface area (Å²) in [6.45, 7) is 6.76. The zero-order valence-corrected chi connectivity index (χ0v) is 14.6. The molecular formula is C16H26N2O3S. The molecule has 0 aliphatic heterocycles. The van der Waals surface area contributed by atoms with Crippen LogP contribution in [0, 0.1) is 0 Å². The predicted octanol–water partition coefficient (Wildman–Crippen LogP) is 2.08. The standard InChI is InChI=1S/C16H26N2O3S/c1-16(2,3)22(20)12-11-18-15(19)17-10-9-13-5-7-14(21-4)8-6-13/h5-8H,9-12H2,1-4H3,(H2,17,18,19). The van der Waals surface area contributed by atoms with E-state index in [1.807, 2.05) is 45.0 Å². The summed E-state index contributed by atoms with van der Waals surface area (Å²) in [6.07, 6.45) is 0.755. The number of hydrogen-bond acceptors (Lipinski definition) is 3. The third-order valence-corrected chi connectivity index (χ3v) is 5.06. The first-order valence-corrected chi connectivity index (χ1v) is 8.68. The lowest BCUT2D eigenvalue weighted by molar-refractivity contribution is 0.241. The molecule has 0 aromatic heterocycles. The molecule has 1 aromatic carbocycles. The summed E-state index contributed by atoms with van der Waals surface area (Å²) in [5.41, 5.74) is 1.13. The Kier molecular flexibility index (Phi) is 7.38. The topological polar surface area (TPSA) is 67.4 Å². The molecule has 1 rings (SSSR count). The molecule has 0 bridgehead atoms. The lowest BCUT2D eigenvalue weighted by Gasteiger charge is -2.17. The highest BCUT2D eigenvalue weighted by Gasteiger charge is 2.18. The molecular weight excluding hydrogens is 300 g/mol. The van der Waals surface area contributed by atoms with Gasteiger partial charge >= 0.3 is 6.03 Å². The van der Waals surface area contributed by atoms with Crippen LogP contribution < -0.4 is 15.4 Å². The highest BCUT2D eigenvalue weighted by atomic mass is 32.2. The first-order chi connectivity index (χ1) is 10.3. The van der Waals surface area contributed by atoms with Crippen LogP contribution in [0.4, 0.5) is 4.79 Å². The first kappa shape index (κ1) is 18.5. The van der Waals surface area contributed by atoms with Crippen LogP contribution in [0.15, 0.2) is 24.3 Å². The van der Waals surface area contributed by atoms with Gasteiger partial charge < -0.3 is 15.4 Å². The van der Waals surface area contributed by atoms with Crippen molar-refractivity contribution in [2.24, 2.45) is 0 Å². The number of benzene rings is 1. The molecule has 0 fully saturated rings. The molecule has 0 spiro atoms. The van der Waals surface area contributed by atoms with Crippen LogP contribution in [0.2, 0.25) is 0 Å². The van der Waals surface area contributed by atoms with E-state index >= 15 is 0 Å². The zero-order chi connectivity index (χ0) is 16.6. The number of carbonyl (C=O) groups excluding carboxylic acids is 1. The molecule has 1 atom stereocenters. The van der Waals surface area contributed by atoms with Gasteiger partial charge in [-0.1, -0.05) is 12.1 Å². The molecule has 124 valence electrons. The van der Waals surface area contributed by atoms with E-state index in [0.29, 0.717) is 18.8 Å². The Morgan fingerprint density at radius 1 is 1.14 bits per heavy atom. The van der Waals surface area contributed by atoms with Crippen LogP contribution >= 0.6 is 0 Å². The largest absolute Gasteiger partial charge is 0.497 e. The van der Waals surface area contributed by atoms with E-state index in [0.717, 1.165) is 17.7 Å². The fourth-order valence-electron chi connectivity index (χ4n) is 1.74. The molecule has 1 aromatic rings. The maximum Gasteiger partial charge on any atom is 0.314 e. The van der Waals surface area contributed by atoms with Crippen LogP contribution in [0.25, 0.3) is 0 Å². The van der Waals surface area contributed by atoms with Gasteiger partial charge in [0.2, 0.25) is 0 Å². The highest BCUT2D eigenvalue weighted by Crippen LogP contribution is 2.11. The normalized spacial score (nSPS) is 12.5.